The minimum absolute atomic E-state index is 0.659. The van der Waals surface area contributed by atoms with Crippen molar-refractivity contribution in [1.82, 2.24) is 10.3 Å². The second kappa shape index (κ2) is 6.19. The van der Waals surface area contributed by atoms with Crippen LogP contribution in [0.3, 0.4) is 0 Å². The average Bonchev–Trinajstić information content (AvgIpc) is 2.86. The molecule has 0 bridgehead atoms. The van der Waals surface area contributed by atoms with E-state index in [1.807, 2.05) is 0 Å². The van der Waals surface area contributed by atoms with E-state index in [1.54, 1.807) is 0 Å². The first-order chi connectivity index (χ1) is 8.72. The second-order valence-corrected chi connectivity index (χ2v) is 5.41. The SMILES string of the molecule is CCNCc1cccc(N2CCCC2C(C)C)n1. The Bertz CT molecular complexity index is 376. The molecule has 1 fully saturated rings. The summed E-state index contributed by atoms with van der Waals surface area (Å²) in [6.45, 7) is 9.76. The second-order valence-electron chi connectivity index (χ2n) is 5.41. The van der Waals surface area contributed by atoms with Crippen LogP contribution in [0.4, 0.5) is 5.82 Å². The first-order valence-corrected chi connectivity index (χ1v) is 7.15. The van der Waals surface area contributed by atoms with Crippen molar-refractivity contribution < 1.29 is 0 Å². The summed E-state index contributed by atoms with van der Waals surface area (Å²) in [5.74, 6) is 1.85. The van der Waals surface area contributed by atoms with Crippen molar-refractivity contribution in [2.75, 3.05) is 18.0 Å². The van der Waals surface area contributed by atoms with Crippen molar-refractivity contribution in [3.8, 4) is 0 Å². The summed E-state index contributed by atoms with van der Waals surface area (Å²) in [7, 11) is 0. The number of pyridine rings is 1. The lowest BCUT2D eigenvalue weighted by Crippen LogP contribution is -2.34. The molecule has 1 aliphatic rings. The molecule has 2 rings (SSSR count). The first kappa shape index (κ1) is 13.3. The van der Waals surface area contributed by atoms with Gasteiger partial charge in [-0.15, -0.1) is 0 Å². The highest BCUT2D eigenvalue weighted by atomic mass is 15.2. The predicted molar refractivity (Wildman–Crippen MR) is 76.8 cm³/mol. The third-order valence-electron chi connectivity index (χ3n) is 3.71. The fourth-order valence-electron chi connectivity index (χ4n) is 2.75. The lowest BCUT2D eigenvalue weighted by atomic mass is 10.0. The first-order valence-electron chi connectivity index (χ1n) is 7.15. The smallest absolute Gasteiger partial charge is 0.129 e. The molecule has 1 aliphatic heterocycles. The van der Waals surface area contributed by atoms with Crippen LogP contribution in [-0.4, -0.2) is 24.1 Å². The van der Waals surface area contributed by atoms with Crippen LogP contribution in [0.2, 0.25) is 0 Å². The minimum atomic E-state index is 0.659. The number of nitrogens with zero attached hydrogens (tertiary/aromatic N) is 2. The number of hydrogen-bond acceptors (Lipinski definition) is 3. The molecule has 1 aromatic rings. The molecule has 1 unspecified atom stereocenters. The topological polar surface area (TPSA) is 28.2 Å². The zero-order valence-corrected chi connectivity index (χ0v) is 11.8. The van der Waals surface area contributed by atoms with Gasteiger partial charge in [0, 0.05) is 19.1 Å². The van der Waals surface area contributed by atoms with Crippen LogP contribution in [0.25, 0.3) is 0 Å². The summed E-state index contributed by atoms with van der Waals surface area (Å²) in [5, 5.41) is 3.34. The monoisotopic (exact) mass is 247 g/mol. The number of anilines is 1. The van der Waals surface area contributed by atoms with Gasteiger partial charge in [0.1, 0.15) is 5.82 Å². The zero-order chi connectivity index (χ0) is 13.0. The lowest BCUT2D eigenvalue weighted by Gasteiger charge is -2.29. The van der Waals surface area contributed by atoms with Crippen molar-refractivity contribution in [1.29, 1.82) is 0 Å². The van der Waals surface area contributed by atoms with E-state index < -0.39 is 0 Å². The molecule has 100 valence electrons. The Morgan fingerprint density at radius 3 is 3.00 bits per heavy atom. The standard InChI is InChI=1S/C15H25N3/c1-4-16-11-13-7-5-9-15(17-13)18-10-6-8-14(18)12(2)3/h5,7,9,12,14,16H,4,6,8,10-11H2,1-3H3. The van der Waals surface area contributed by atoms with E-state index in [9.17, 15) is 0 Å². The van der Waals surface area contributed by atoms with Crippen molar-refractivity contribution in [2.45, 2.75) is 46.2 Å². The molecular weight excluding hydrogens is 222 g/mol. The number of nitrogens with one attached hydrogen (secondary N) is 1. The molecule has 0 saturated carbocycles. The van der Waals surface area contributed by atoms with Gasteiger partial charge in [0.15, 0.2) is 0 Å². The van der Waals surface area contributed by atoms with Gasteiger partial charge < -0.3 is 10.2 Å². The highest BCUT2D eigenvalue weighted by molar-refractivity contribution is 5.42. The Labute approximate surface area is 111 Å². The Hall–Kier alpha value is -1.09. The van der Waals surface area contributed by atoms with Crippen LogP contribution >= 0.6 is 0 Å². The maximum Gasteiger partial charge on any atom is 0.129 e. The average molecular weight is 247 g/mol. The van der Waals surface area contributed by atoms with Crippen LogP contribution < -0.4 is 10.2 Å². The fraction of sp³-hybridized carbons (Fsp3) is 0.667. The van der Waals surface area contributed by atoms with Crippen LogP contribution in [0.15, 0.2) is 18.2 Å². The molecular formula is C15H25N3. The largest absolute Gasteiger partial charge is 0.353 e. The van der Waals surface area contributed by atoms with Gasteiger partial charge in [-0.25, -0.2) is 4.98 Å². The summed E-state index contributed by atoms with van der Waals surface area (Å²) in [5.41, 5.74) is 1.14. The molecule has 0 spiro atoms. The third-order valence-corrected chi connectivity index (χ3v) is 3.71. The number of hydrogen-bond donors (Lipinski definition) is 1. The molecule has 3 heteroatoms. The van der Waals surface area contributed by atoms with Gasteiger partial charge in [-0.2, -0.15) is 0 Å². The Balaban J connectivity index is 2.12. The van der Waals surface area contributed by atoms with E-state index in [0.29, 0.717) is 12.0 Å². The van der Waals surface area contributed by atoms with Gasteiger partial charge >= 0.3 is 0 Å². The van der Waals surface area contributed by atoms with Gasteiger partial charge in [-0.3, -0.25) is 0 Å². The molecule has 2 heterocycles. The van der Waals surface area contributed by atoms with E-state index >= 15 is 0 Å². The van der Waals surface area contributed by atoms with Gasteiger partial charge in [-0.1, -0.05) is 26.8 Å². The van der Waals surface area contributed by atoms with E-state index in [2.05, 4.69) is 49.2 Å². The van der Waals surface area contributed by atoms with Crippen LogP contribution in [0.1, 0.15) is 39.3 Å². The van der Waals surface area contributed by atoms with Crippen LogP contribution in [-0.2, 0) is 6.54 Å². The molecule has 0 amide bonds. The molecule has 1 saturated heterocycles. The highest BCUT2D eigenvalue weighted by Gasteiger charge is 2.27. The summed E-state index contributed by atoms with van der Waals surface area (Å²) in [6.07, 6.45) is 2.60. The van der Waals surface area contributed by atoms with E-state index in [4.69, 9.17) is 4.98 Å². The van der Waals surface area contributed by atoms with Crippen molar-refractivity contribution in [3.63, 3.8) is 0 Å². The van der Waals surface area contributed by atoms with E-state index in [0.717, 1.165) is 31.1 Å². The lowest BCUT2D eigenvalue weighted by molar-refractivity contribution is 0.489. The summed E-state index contributed by atoms with van der Waals surface area (Å²) < 4.78 is 0. The van der Waals surface area contributed by atoms with Crippen molar-refractivity contribution >= 4 is 5.82 Å². The van der Waals surface area contributed by atoms with Crippen LogP contribution in [0.5, 0.6) is 0 Å². The predicted octanol–water partition coefficient (Wildman–Crippen LogP) is 2.82. The Kier molecular flexibility index (Phi) is 4.59. The van der Waals surface area contributed by atoms with Gasteiger partial charge in [-0.05, 0) is 37.4 Å². The van der Waals surface area contributed by atoms with E-state index in [1.165, 1.54) is 12.8 Å². The molecule has 1 atom stereocenters. The molecule has 1 aromatic heterocycles. The molecule has 18 heavy (non-hydrogen) atoms. The van der Waals surface area contributed by atoms with Crippen molar-refractivity contribution in [3.05, 3.63) is 23.9 Å². The maximum atomic E-state index is 4.79. The summed E-state index contributed by atoms with van der Waals surface area (Å²) in [4.78, 5) is 7.27. The number of rotatable bonds is 5. The molecule has 3 nitrogen and oxygen atoms in total. The molecule has 0 aromatic carbocycles. The van der Waals surface area contributed by atoms with Gasteiger partial charge in [0.2, 0.25) is 0 Å². The molecule has 1 N–H and O–H groups in total. The molecule has 0 radical (unpaired) electrons. The quantitative estimate of drug-likeness (QED) is 0.867. The van der Waals surface area contributed by atoms with E-state index in [-0.39, 0.29) is 0 Å². The highest BCUT2D eigenvalue weighted by Crippen LogP contribution is 2.28. The maximum absolute atomic E-state index is 4.79. The summed E-state index contributed by atoms with van der Waals surface area (Å²) >= 11 is 0. The van der Waals surface area contributed by atoms with Gasteiger partial charge in [0.05, 0.1) is 5.69 Å². The molecule has 0 aliphatic carbocycles. The minimum Gasteiger partial charge on any atom is -0.353 e. The number of aromatic nitrogens is 1. The van der Waals surface area contributed by atoms with Gasteiger partial charge in [0.25, 0.3) is 0 Å². The van der Waals surface area contributed by atoms with Crippen molar-refractivity contribution in [2.24, 2.45) is 5.92 Å². The zero-order valence-electron chi connectivity index (χ0n) is 11.8. The van der Waals surface area contributed by atoms with Crippen LogP contribution in [0, 0.1) is 5.92 Å². The Morgan fingerprint density at radius 1 is 1.44 bits per heavy atom. The Morgan fingerprint density at radius 2 is 2.28 bits per heavy atom. The normalized spacial score (nSPS) is 19.8. The fourth-order valence-corrected chi connectivity index (χ4v) is 2.75. The summed E-state index contributed by atoms with van der Waals surface area (Å²) in [6, 6.07) is 7.04. The third kappa shape index (κ3) is 3.02.